The standard InChI is InChI=1S/C14H19NO/c1-2-12(11-4-6-15-7-5-11)8-13(3-1)14-9-16-10-14/h1-3,8,11,14-15H,4-7,9-10H2. The van der Waals surface area contributed by atoms with Crippen LogP contribution in [0.5, 0.6) is 0 Å². The minimum atomic E-state index is 0.654. The molecular formula is C14H19NO. The van der Waals surface area contributed by atoms with Gasteiger partial charge in [-0.2, -0.15) is 0 Å². The van der Waals surface area contributed by atoms with E-state index in [1.165, 1.54) is 37.1 Å². The minimum absolute atomic E-state index is 0.654. The first-order valence-electron chi connectivity index (χ1n) is 6.32. The van der Waals surface area contributed by atoms with Gasteiger partial charge in [0.2, 0.25) is 0 Å². The average Bonchev–Trinajstić information content (AvgIpc) is 2.28. The summed E-state index contributed by atoms with van der Waals surface area (Å²) in [4.78, 5) is 0. The molecule has 86 valence electrons. The minimum Gasteiger partial charge on any atom is -0.380 e. The van der Waals surface area contributed by atoms with E-state index in [4.69, 9.17) is 4.74 Å². The third-order valence-electron chi connectivity index (χ3n) is 3.83. The molecule has 2 nitrogen and oxygen atoms in total. The molecule has 1 N–H and O–H groups in total. The molecule has 0 unspecified atom stereocenters. The van der Waals surface area contributed by atoms with Crippen molar-refractivity contribution in [3.05, 3.63) is 35.4 Å². The summed E-state index contributed by atoms with van der Waals surface area (Å²) in [6.07, 6.45) is 2.56. The van der Waals surface area contributed by atoms with Crippen LogP contribution >= 0.6 is 0 Å². The number of rotatable bonds is 2. The molecule has 0 spiro atoms. The Labute approximate surface area is 97.0 Å². The van der Waals surface area contributed by atoms with Gasteiger partial charge in [-0.05, 0) is 43.0 Å². The number of hydrogen-bond acceptors (Lipinski definition) is 2. The lowest BCUT2D eigenvalue weighted by Crippen LogP contribution is -2.27. The Morgan fingerprint density at radius 2 is 1.69 bits per heavy atom. The van der Waals surface area contributed by atoms with E-state index in [2.05, 4.69) is 29.6 Å². The van der Waals surface area contributed by atoms with E-state index in [1.54, 1.807) is 0 Å². The van der Waals surface area contributed by atoms with E-state index in [0.717, 1.165) is 19.1 Å². The average molecular weight is 217 g/mol. The molecule has 0 radical (unpaired) electrons. The monoisotopic (exact) mass is 217 g/mol. The Hall–Kier alpha value is -0.860. The molecule has 0 amide bonds. The third kappa shape index (κ3) is 2.00. The Morgan fingerprint density at radius 3 is 2.31 bits per heavy atom. The molecule has 0 atom stereocenters. The molecule has 2 saturated heterocycles. The van der Waals surface area contributed by atoms with Gasteiger partial charge in [0.15, 0.2) is 0 Å². The van der Waals surface area contributed by atoms with Crippen LogP contribution < -0.4 is 5.32 Å². The molecule has 0 bridgehead atoms. The predicted octanol–water partition coefficient (Wildman–Crippen LogP) is 2.27. The first-order valence-corrected chi connectivity index (χ1v) is 6.32. The predicted molar refractivity (Wildman–Crippen MR) is 64.8 cm³/mol. The van der Waals surface area contributed by atoms with Crippen LogP contribution in [-0.2, 0) is 4.74 Å². The van der Waals surface area contributed by atoms with Crippen molar-refractivity contribution in [1.82, 2.24) is 5.32 Å². The van der Waals surface area contributed by atoms with E-state index >= 15 is 0 Å². The van der Waals surface area contributed by atoms with E-state index in [0.29, 0.717) is 5.92 Å². The Kier molecular flexibility index (Phi) is 2.94. The highest BCUT2D eigenvalue weighted by molar-refractivity contribution is 5.30. The van der Waals surface area contributed by atoms with Crippen molar-refractivity contribution >= 4 is 0 Å². The number of piperidine rings is 1. The molecule has 1 aromatic carbocycles. The summed E-state index contributed by atoms with van der Waals surface area (Å²) in [7, 11) is 0. The van der Waals surface area contributed by atoms with Crippen LogP contribution in [0.15, 0.2) is 24.3 Å². The second kappa shape index (κ2) is 4.56. The molecule has 2 fully saturated rings. The van der Waals surface area contributed by atoms with E-state index < -0.39 is 0 Å². The van der Waals surface area contributed by atoms with Crippen LogP contribution in [0.2, 0.25) is 0 Å². The zero-order chi connectivity index (χ0) is 10.8. The van der Waals surface area contributed by atoms with Crippen molar-refractivity contribution in [1.29, 1.82) is 0 Å². The van der Waals surface area contributed by atoms with Gasteiger partial charge in [0.05, 0.1) is 13.2 Å². The topological polar surface area (TPSA) is 21.3 Å². The van der Waals surface area contributed by atoms with Gasteiger partial charge in [-0.15, -0.1) is 0 Å². The van der Waals surface area contributed by atoms with Crippen LogP contribution in [-0.4, -0.2) is 26.3 Å². The summed E-state index contributed by atoms with van der Waals surface area (Å²) in [5.74, 6) is 1.42. The largest absolute Gasteiger partial charge is 0.380 e. The van der Waals surface area contributed by atoms with Gasteiger partial charge in [-0.3, -0.25) is 0 Å². The summed E-state index contributed by atoms with van der Waals surface area (Å²) < 4.78 is 5.26. The summed E-state index contributed by atoms with van der Waals surface area (Å²) in [6, 6.07) is 9.16. The molecule has 2 aliphatic rings. The first-order chi connectivity index (χ1) is 7.93. The molecule has 1 aromatic rings. The molecule has 2 heteroatoms. The van der Waals surface area contributed by atoms with Crippen LogP contribution in [0.4, 0.5) is 0 Å². The zero-order valence-electron chi connectivity index (χ0n) is 9.61. The SMILES string of the molecule is c1cc(C2CCNCC2)cc(C2COC2)c1. The number of benzene rings is 1. The number of nitrogens with one attached hydrogen (secondary N) is 1. The fourth-order valence-corrected chi connectivity index (χ4v) is 2.65. The highest BCUT2D eigenvalue weighted by Gasteiger charge is 2.22. The molecular weight excluding hydrogens is 198 g/mol. The number of hydrogen-bond donors (Lipinski definition) is 1. The van der Waals surface area contributed by atoms with Crippen LogP contribution in [0.3, 0.4) is 0 Å². The van der Waals surface area contributed by atoms with Gasteiger partial charge in [-0.25, -0.2) is 0 Å². The summed E-state index contributed by atoms with van der Waals surface area (Å²) in [5, 5.41) is 3.42. The normalized spacial score (nSPS) is 23.0. The smallest absolute Gasteiger partial charge is 0.0557 e. The molecule has 0 aliphatic carbocycles. The van der Waals surface area contributed by atoms with Crippen molar-refractivity contribution in [2.45, 2.75) is 24.7 Å². The van der Waals surface area contributed by atoms with E-state index in [9.17, 15) is 0 Å². The Bertz CT molecular complexity index is 354. The summed E-state index contributed by atoms with van der Waals surface area (Å²) >= 11 is 0. The first kappa shape index (κ1) is 10.3. The molecule has 16 heavy (non-hydrogen) atoms. The second-order valence-electron chi connectivity index (χ2n) is 4.93. The van der Waals surface area contributed by atoms with Crippen molar-refractivity contribution in [3.8, 4) is 0 Å². The number of ether oxygens (including phenoxy) is 1. The molecule has 0 aromatic heterocycles. The molecule has 2 aliphatic heterocycles. The van der Waals surface area contributed by atoms with Gasteiger partial charge in [0, 0.05) is 5.92 Å². The molecule has 0 saturated carbocycles. The highest BCUT2D eigenvalue weighted by Crippen LogP contribution is 2.30. The van der Waals surface area contributed by atoms with Gasteiger partial charge < -0.3 is 10.1 Å². The van der Waals surface area contributed by atoms with Crippen molar-refractivity contribution in [2.75, 3.05) is 26.3 Å². The van der Waals surface area contributed by atoms with Gasteiger partial charge in [-0.1, -0.05) is 24.3 Å². The lowest BCUT2D eigenvalue weighted by atomic mass is 9.87. The fraction of sp³-hybridized carbons (Fsp3) is 0.571. The second-order valence-corrected chi connectivity index (χ2v) is 4.93. The molecule has 3 rings (SSSR count). The quantitative estimate of drug-likeness (QED) is 0.820. The maximum Gasteiger partial charge on any atom is 0.0557 e. The summed E-state index contributed by atoms with van der Waals surface area (Å²) in [6.45, 7) is 4.16. The third-order valence-corrected chi connectivity index (χ3v) is 3.83. The lowest BCUT2D eigenvalue weighted by molar-refractivity contribution is 0.00838. The summed E-state index contributed by atoms with van der Waals surface area (Å²) in [5.41, 5.74) is 3.01. The van der Waals surface area contributed by atoms with Gasteiger partial charge in [0.1, 0.15) is 0 Å². The van der Waals surface area contributed by atoms with Crippen LogP contribution in [0.1, 0.15) is 35.8 Å². The van der Waals surface area contributed by atoms with Gasteiger partial charge in [0.25, 0.3) is 0 Å². The maximum atomic E-state index is 5.26. The van der Waals surface area contributed by atoms with Crippen LogP contribution in [0, 0.1) is 0 Å². The van der Waals surface area contributed by atoms with Crippen molar-refractivity contribution in [3.63, 3.8) is 0 Å². The maximum absolute atomic E-state index is 5.26. The zero-order valence-corrected chi connectivity index (χ0v) is 9.61. The van der Waals surface area contributed by atoms with E-state index in [-0.39, 0.29) is 0 Å². The molecule has 2 heterocycles. The highest BCUT2D eigenvalue weighted by atomic mass is 16.5. The Balaban J connectivity index is 1.77. The van der Waals surface area contributed by atoms with Crippen molar-refractivity contribution in [2.24, 2.45) is 0 Å². The lowest BCUT2D eigenvalue weighted by Gasteiger charge is -2.28. The van der Waals surface area contributed by atoms with E-state index in [1.807, 2.05) is 0 Å². The Morgan fingerprint density at radius 1 is 1.00 bits per heavy atom. The van der Waals surface area contributed by atoms with Crippen molar-refractivity contribution < 1.29 is 4.74 Å². The fourth-order valence-electron chi connectivity index (χ4n) is 2.65. The van der Waals surface area contributed by atoms with Crippen LogP contribution in [0.25, 0.3) is 0 Å². The van der Waals surface area contributed by atoms with Gasteiger partial charge >= 0.3 is 0 Å².